The van der Waals surface area contributed by atoms with Crippen molar-refractivity contribution in [1.29, 1.82) is 0 Å². The molecule has 3 aliphatic rings. The molecule has 0 aliphatic carbocycles. The summed E-state index contributed by atoms with van der Waals surface area (Å²) in [6.45, 7) is 1.55. The first-order valence-corrected chi connectivity index (χ1v) is 17.6. The number of hydrogen-bond donors (Lipinski definition) is 9. The van der Waals surface area contributed by atoms with Gasteiger partial charge in [0.2, 0.25) is 29.3 Å². The Balaban J connectivity index is 1.16. The number of hydrazine groups is 1. The highest BCUT2D eigenvalue weighted by atomic mass is 32.2. The molecule has 50 heavy (non-hydrogen) atoms. The lowest BCUT2D eigenvalue weighted by Gasteiger charge is -2.22. The molecular formula is C31H44F3N9O6S. The molecule has 0 spiro atoms. The van der Waals surface area contributed by atoms with Crippen LogP contribution in [0.15, 0.2) is 24.3 Å². The van der Waals surface area contributed by atoms with Crippen LogP contribution in [0, 0.1) is 0 Å². The largest absolute Gasteiger partial charge is 0.426 e. The molecule has 7 amide bonds. The van der Waals surface area contributed by atoms with Crippen LogP contribution in [-0.2, 0) is 24.8 Å². The van der Waals surface area contributed by atoms with Crippen molar-refractivity contribution < 1.29 is 41.9 Å². The maximum atomic E-state index is 13.3. The third kappa shape index (κ3) is 10.2. The molecule has 1 aromatic rings. The fraction of sp³-hybridized carbons (Fsp3) is 0.613. The van der Waals surface area contributed by atoms with E-state index in [2.05, 4.69) is 42.8 Å². The number of thioether (sulfide) groups is 1. The van der Waals surface area contributed by atoms with Crippen LogP contribution in [0.25, 0.3) is 0 Å². The van der Waals surface area contributed by atoms with E-state index in [1.807, 2.05) is 11.8 Å². The van der Waals surface area contributed by atoms with E-state index in [-0.39, 0.29) is 54.5 Å². The van der Waals surface area contributed by atoms with Crippen molar-refractivity contribution >= 4 is 47.3 Å². The van der Waals surface area contributed by atoms with Crippen LogP contribution in [0.4, 0.5) is 18.0 Å². The minimum Gasteiger partial charge on any atom is -0.368 e. The molecule has 19 heteroatoms. The standard InChI is InChI=1S/C31H44F3N9O6S/c1-2-23(44)38-20(15-37-27(47)17-10-12-18(13-11-17)30(42-43-30)31(32,33)34)28(48)39-19(26(35)46)7-5-6-14-36-24(45)9-4-3-8-22-25-21(16-50-22)40-29(49)41-25/h10-13,19-22,25,42-43H,2-9,14-16H2,1H3,(H2,35,46)(H,36,45)(H,37,47)(H,38,44)(H,39,48)(H2,40,41,49). The number of nitrogens with two attached hydrogens (primary N) is 1. The summed E-state index contributed by atoms with van der Waals surface area (Å²) < 4.78 is 40.0. The number of fused-ring (bicyclic) bond motifs is 1. The van der Waals surface area contributed by atoms with Gasteiger partial charge < -0.3 is 37.6 Å². The summed E-state index contributed by atoms with van der Waals surface area (Å²) in [5, 5.41) is 16.5. The highest BCUT2D eigenvalue weighted by molar-refractivity contribution is 8.00. The van der Waals surface area contributed by atoms with Gasteiger partial charge in [-0.3, -0.25) is 24.0 Å². The molecule has 4 rings (SSSR count). The highest BCUT2D eigenvalue weighted by Gasteiger charge is 2.65. The lowest BCUT2D eigenvalue weighted by molar-refractivity contribution is -0.165. The number of alkyl halides is 3. The van der Waals surface area contributed by atoms with Crippen LogP contribution in [0.1, 0.15) is 74.2 Å². The van der Waals surface area contributed by atoms with E-state index in [4.69, 9.17) is 5.73 Å². The Morgan fingerprint density at radius 3 is 2.32 bits per heavy atom. The van der Waals surface area contributed by atoms with Crippen molar-refractivity contribution in [3.8, 4) is 0 Å². The number of unbranched alkanes of at least 4 members (excludes halogenated alkanes) is 2. The minimum atomic E-state index is -4.61. The lowest BCUT2D eigenvalue weighted by Crippen LogP contribution is -2.56. The average Bonchev–Trinajstić information content (AvgIpc) is 3.72. The number of amides is 7. The Bertz CT molecular complexity index is 1410. The smallest absolute Gasteiger partial charge is 0.368 e. The predicted octanol–water partition coefficient (Wildman–Crippen LogP) is 0.117. The quantitative estimate of drug-likeness (QED) is 0.0533. The number of halogens is 3. The van der Waals surface area contributed by atoms with E-state index < -0.39 is 47.6 Å². The Hall–Kier alpha value is -4.10. The average molecular weight is 728 g/mol. The Morgan fingerprint density at radius 1 is 0.960 bits per heavy atom. The van der Waals surface area contributed by atoms with Crippen molar-refractivity contribution in [2.45, 2.75) is 99.5 Å². The number of primary amides is 1. The van der Waals surface area contributed by atoms with Gasteiger partial charge >= 0.3 is 12.2 Å². The van der Waals surface area contributed by atoms with E-state index in [0.717, 1.165) is 37.1 Å². The summed E-state index contributed by atoms with van der Waals surface area (Å²) in [6.07, 6.45) is -0.587. The first kappa shape index (κ1) is 38.7. The Kier molecular flexibility index (Phi) is 13.3. The third-order valence-corrected chi connectivity index (χ3v) is 10.3. The van der Waals surface area contributed by atoms with Gasteiger partial charge in [0, 0.05) is 42.5 Å². The molecule has 0 saturated carbocycles. The number of benzene rings is 1. The van der Waals surface area contributed by atoms with Crippen molar-refractivity contribution in [2.24, 2.45) is 5.73 Å². The molecule has 3 saturated heterocycles. The second kappa shape index (κ2) is 17.2. The maximum Gasteiger partial charge on any atom is 0.426 e. The van der Waals surface area contributed by atoms with E-state index in [0.29, 0.717) is 31.1 Å². The van der Waals surface area contributed by atoms with Gasteiger partial charge in [0.25, 0.3) is 5.91 Å². The first-order valence-electron chi connectivity index (χ1n) is 16.6. The summed E-state index contributed by atoms with van der Waals surface area (Å²) in [7, 11) is 0. The van der Waals surface area contributed by atoms with Crippen molar-refractivity contribution in [3.63, 3.8) is 0 Å². The zero-order valence-electron chi connectivity index (χ0n) is 27.5. The van der Waals surface area contributed by atoms with Crippen LogP contribution >= 0.6 is 11.8 Å². The third-order valence-electron chi connectivity index (χ3n) is 8.80. The van der Waals surface area contributed by atoms with Crippen molar-refractivity contribution in [3.05, 3.63) is 35.4 Å². The number of urea groups is 1. The maximum absolute atomic E-state index is 13.3. The van der Waals surface area contributed by atoms with Crippen LogP contribution in [0.2, 0.25) is 0 Å². The van der Waals surface area contributed by atoms with E-state index in [9.17, 15) is 41.9 Å². The molecule has 5 atom stereocenters. The molecule has 15 nitrogen and oxygen atoms in total. The second-order valence-corrected chi connectivity index (χ2v) is 13.7. The van der Waals surface area contributed by atoms with Gasteiger partial charge in [-0.25, -0.2) is 15.6 Å². The highest BCUT2D eigenvalue weighted by Crippen LogP contribution is 2.42. The topological polar surface area (TPSA) is 244 Å². The molecule has 276 valence electrons. The molecule has 5 unspecified atom stereocenters. The van der Waals surface area contributed by atoms with E-state index >= 15 is 0 Å². The number of carbonyl (C=O) groups excluding carboxylic acids is 6. The fourth-order valence-electron chi connectivity index (χ4n) is 5.81. The van der Waals surface area contributed by atoms with E-state index in [1.165, 1.54) is 12.1 Å². The zero-order valence-corrected chi connectivity index (χ0v) is 28.4. The predicted molar refractivity (Wildman–Crippen MR) is 177 cm³/mol. The first-order chi connectivity index (χ1) is 23.7. The number of hydrogen-bond acceptors (Lipinski definition) is 9. The van der Waals surface area contributed by atoms with Gasteiger partial charge in [-0.15, -0.1) is 0 Å². The van der Waals surface area contributed by atoms with Gasteiger partial charge in [0.15, 0.2) is 0 Å². The Morgan fingerprint density at radius 2 is 1.68 bits per heavy atom. The monoisotopic (exact) mass is 727 g/mol. The SMILES string of the molecule is CCC(=O)NC(CNC(=O)c1ccc(C2(C(F)(F)F)NN2)cc1)C(=O)NC(CCCCNC(=O)CCCCC1SCC2NC(=O)NC21)C(N)=O. The second-order valence-electron chi connectivity index (χ2n) is 12.4. The molecular weight excluding hydrogens is 683 g/mol. The minimum absolute atomic E-state index is 0.0223. The number of carbonyl (C=O) groups is 6. The summed E-state index contributed by atoms with van der Waals surface area (Å²) in [4.78, 5) is 73.8. The fourth-order valence-corrected chi connectivity index (χ4v) is 7.35. The van der Waals surface area contributed by atoms with Crippen molar-refractivity contribution in [1.82, 2.24) is 42.8 Å². The van der Waals surface area contributed by atoms with Crippen LogP contribution < -0.4 is 48.5 Å². The number of rotatable bonds is 19. The molecule has 0 aromatic heterocycles. The lowest BCUT2D eigenvalue weighted by atomic mass is 10.0. The van der Waals surface area contributed by atoms with Crippen LogP contribution in [-0.4, -0.2) is 90.0 Å². The van der Waals surface area contributed by atoms with Gasteiger partial charge in [0.05, 0.1) is 12.1 Å². The Labute approximate surface area is 291 Å². The van der Waals surface area contributed by atoms with Gasteiger partial charge in [-0.05, 0) is 49.8 Å². The van der Waals surface area contributed by atoms with Crippen LogP contribution in [0.5, 0.6) is 0 Å². The molecule has 1 aromatic carbocycles. The molecule has 3 heterocycles. The molecule has 0 radical (unpaired) electrons. The summed E-state index contributed by atoms with van der Waals surface area (Å²) >= 11 is 1.83. The van der Waals surface area contributed by atoms with Gasteiger partial charge in [-0.1, -0.05) is 25.5 Å². The molecule has 0 bridgehead atoms. The number of nitrogens with one attached hydrogen (secondary N) is 8. The van der Waals surface area contributed by atoms with E-state index in [1.54, 1.807) is 6.92 Å². The zero-order chi connectivity index (χ0) is 36.5. The van der Waals surface area contributed by atoms with Gasteiger partial charge in [-0.2, -0.15) is 24.9 Å². The van der Waals surface area contributed by atoms with Crippen molar-refractivity contribution in [2.75, 3.05) is 18.8 Å². The van der Waals surface area contributed by atoms with Gasteiger partial charge in [0.1, 0.15) is 12.1 Å². The molecule has 3 fully saturated rings. The van der Waals surface area contributed by atoms with Crippen LogP contribution in [0.3, 0.4) is 0 Å². The molecule has 3 aliphatic heterocycles. The summed E-state index contributed by atoms with van der Waals surface area (Å²) in [5.74, 6) is -1.97. The summed E-state index contributed by atoms with van der Waals surface area (Å²) in [5.41, 5.74) is 7.17. The summed E-state index contributed by atoms with van der Waals surface area (Å²) in [6, 6.07) is 2.51. The molecule has 10 N–H and O–H groups in total. The normalized spacial score (nSPS) is 21.5.